The summed E-state index contributed by atoms with van der Waals surface area (Å²) in [5, 5.41) is 1.34. The zero-order chi connectivity index (χ0) is 14.3. The maximum atomic E-state index is 11.8. The topological polar surface area (TPSA) is 52.6 Å². The van der Waals surface area contributed by atoms with Gasteiger partial charge in [0.25, 0.3) is 0 Å². The van der Waals surface area contributed by atoms with E-state index in [2.05, 4.69) is 0 Å². The number of rotatable bonds is 2. The Kier molecular flexibility index (Phi) is 2.79. The maximum Gasteiger partial charge on any atom is 0.519 e. The molecular formula is C16H12O4. The van der Waals surface area contributed by atoms with Crippen LogP contribution < -0.4 is 14.9 Å². The summed E-state index contributed by atoms with van der Waals surface area (Å²) < 4.78 is 10.3. The van der Waals surface area contributed by atoms with Gasteiger partial charge in [-0.15, -0.1) is 0 Å². The summed E-state index contributed by atoms with van der Waals surface area (Å²) in [6.07, 6.45) is -0.810. The van der Waals surface area contributed by atoms with Gasteiger partial charge in [0.05, 0.1) is 0 Å². The van der Waals surface area contributed by atoms with Gasteiger partial charge in [0.2, 0.25) is 0 Å². The molecule has 0 fully saturated rings. The van der Waals surface area contributed by atoms with Gasteiger partial charge in [0.15, 0.2) is 5.43 Å². The Morgan fingerprint density at radius 1 is 0.950 bits per heavy atom. The molecule has 4 nitrogen and oxygen atoms in total. The first kappa shape index (κ1) is 12.4. The minimum absolute atomic E-state index is 0.0182. The van der Waals surface area contributed by atoms with E-state index in [-0.39, 0.29) is 5.43 Å². The molecule has 0 saturated carbocycles. The van der Waals surface area contributed by atoms with Crippen LogP contribution in [0.5, 0.6) is 11.5 Å². The van der Waals surface area contributed by atoms with E-state index in [9.17, 15) is 9.59 Å². The first-order valence-electron chi connectivity index (χ1n) is 6.21. The first-order valence-corrected chi connectivity index (χ1v) is 6.21. The van der Waals surface area contributed by atoms with E-state index in [4.69, 9.17) is 9.47 Å². The lowest BCUT2D eigenvalue weighted by atomic mass is 10.2. The van der Waals surface area contributed by atoms with E-state index in [1.807, 2.05) is 19.1 Å². The van der Waals surface area contributed by atoms with Gasteiger partial charge in [-0.1, -0.05) is 18.2 Å². The molecule has 0 aliphatic carbocycles. The fourth-order valence-corrected chi connectivity index (χ4v) is 2.10. The Hall–Kier alpha value is -2.62. The number of benzene rings is 2. The van der Waals surface area contributed by atoms with Gasteiger partial charge in [-0.2, -0.15) is 0 Å². The van der Waals surface area contributed by atoms with E-state index in [1.165, 1.54) is 0 Å². The van der Waals surface area contributed by atoms with Crippen molar-refractivity contribution in [3.8, 4) is 11.5 Å². The molecule has 3 aromatic rings. The second kappa shape index (κ2) is 4.49. The molecule has 0 aliphatic heterocycles. The predicted octanol–water partition coefficient (Wildman–Crippen LogP) is 3.27. The molecule has 0 bridgehead atoms. The van der Waals surface area contributed by atoms with Crippen LogP contribution in [-0.2, 0) is 0 Å². The van der Waals surface area contributed by atoms with Crippen molar-refractivity contribution in [2.24, 2.45) is 0 Å². The van der Waals surface area contributed by atoms with E-state index in [0.29, 0.717) is 27.8 Å². The lowest BCUT2D eigenvalue weighted by molar-refractivity contribution is 0.151. The van der Waals surface area contributed by atoms with Gasteiger partial charge in [-0.05, 0) is 37.6 Å². The summed E-state index contributed by atoms with van der Waals surface area (Å²) in [7, 11) is 0. The highest BCUT2D eigenvalue weighted by Crippen LogP contribution is 2.28. The smallest absolute Gasteiger partial charge is 0.394 e. The summed E-state index contributed by atoms with van der Waals surface area (Å²) in [5.74, 6) is 0.811. The van der Waals surface area contributed by atoms with E-state index >= 15 is 0 Å². The van der Waals surface area contributed by atoms with Crippen LogP contribution in [0.2, 0.25) is 0 Å². The van der Waals surface area contributed by atoms with Gasteiger partial charge >= 0.3 is 6.16 Å². The molecule has 100 valence electrons. The highest BCUT2D eigenvalue weighted by atomic mass is 16.7. The number of fused-ring (bicyclic) bond motifs is 1. The van der Waals surface area contributed by atoms with E-state index < -0.39 is 6.16 Å². The van der Waals surface area contributed by atoms with E-state index in [1.54, 1.807) is 31.2 Å². The summed E-state index contributed by atoms with van der Waals surface area (Å²) >= 11 is 0. The summed E-state index contributed by atoms with van der Waals surface area (Å²) in [5.41, 5.74) is 1.54. The van der Waals surface area contributed by atoms with E-state index in [0.717, 1.165) is 5.56 Å². The van der Waals surface area contributed by atoms with Gasteiger partial charge in [-0.25, -0.2) is 4.79 Å². The SMILES string of the molecule is Cc1ccccc1OC(=O)Oc1ccc2c(=O)c2c1C. The third-order valence-corrected chi connectivity index (χ3v) is 3.30. The third kappa shape index (κ3) is 2.05. The molecule has 0 aliphatic rings. The average Bonchev–Trinajstić information content (AvgIpc) is 3.07. The Labute approximate surface area is 115 Å². The van der Waals surface area contributed by atoms with Crippen LogP contribution in [0.1, 0.15) is 11.1 Å². The van der Waals surface area contributed by atoms with Crippen LogP contribution in [0.15, 0.2) is 41.2 Å². The van der Waals surface area contributed by atoms with Gasteiger partial charge in [-0.3, -0.25) is 4.79 Å². The highest BCUT2D eigenvalue weighted by Gasteiger charge is 2.19. The van der Waals surface area contributed by atoms with Crippen LogP contribution in [0, 0.1) is 13.8 Å². The number of hydrogen-bond acceptors (Lipinski definition) is 4. The minimum Gasteiger partial charge on any atom is -0.394 e. The molecule has 3 aromatic carbocycles. The number of para-hydroxylation sites is 1. The zero-order valence-electron chi connectivity index (χ0n) is 11.1. The lowest BCUT2D eigenvalue weighted by Crippen LogP contribution is -2.14. The molecule has 0 unspecified atom stereocenters. The summed E-state index contributed by atoms with van der Waals surface area (Å²) in [6, 6.07) is 10.4. The summed E-state index contributed by atoms with van der Waals surface area (Å²) in [6.45, 7) is 3.59. The highest BCUT2D eigenvalue weighted by molar-refractivity contribution is 6.01. The molecule has 3 rings (SSSR count). The number of hydrogen-bond donors (Lipinski definition) is 0. The molecule has 0 saturated heterocycles. The van der Waals surface area contributed by atoms with Crippen LogP contribution in [0.3, 0.4) is 0 Å². The maximum absolute atomic E-state index is 11.8. The largest absolute Gasteiger partial charge is 0.519 e. The molecule has 4 heteroatoms. The quantitative estimate of drug-likeness (QED) is 0.528. The normalized spacial score (nSPS) is 10.9. The van der Waals surface area contributed by atoms with Crippen molar-refractivity contribution in [2.45, 2.75) is 13.8 Å². The van der Waals surface area contributed by atoms with Crippen molar-refractivity contribution in [1.29, 1.82) is 0 Å². The predicted molar refractivity (Wildman–Crippen MR) is 75.2 cm³/mol. The standard InChI is InChI=1S/C16H12O4/c1-9-5-3-4-6-12(9)19-16(18)20-13-8-7-11-14(10(13)2)15(11)17/h3-8H,1-2H3. The fourth-order valence-electron chi connectivity index (χ4n) is 2.10. The van der Waals surface area contributed by atoms with Crippen molar-refractivity contribution in [2.75, 3.05) is 0 Å². The molecule has 0 aromatic heterocycles. The molecule has 0 spiro atoms. The van der Waals surface area contributed by atoms with Crippen LogP contribution >= 0.6 is 0 Å². The van der Waals surface area contributed by atoms with Crippen molar-refractivity contribution in [3.63, 3.8) is 0 Å². The van der Waals surface area contributed by atoms with Crippen LogP contribution in [0.25, 0.3) is 10.8 Å². The molecule has 0 amide bonds. The molecule has 0 N–H and O–H groups in total. The van der Waals surface area contributed by atoms with Crippen molar-refractivity contribution in [3.05, 3.63) is 57.7 Å². The Morgan fingerprint density at radius 3 is 2.40 bits per heavy atom. The number of carbonyl (C=O) groups is 1. The zero-order valence-corrected chi connectivity index (χ0v) is 11.1. The Morgan fingerprint density at radius 2 is 1.65 bits per heavy atom. The van der Waals surface area contributed by atoms with Crippen molar-refractivity contribution >= 4 is 16.9 Å². The average molecular weight is 268 g/mol. The van der Waals surface area contributed by atoms with Crippen LogP contribution in [-0.4, -0.2) is 6.16 Å². The first-order chi connectivity index (χ1) is 9.58. The summed E-state index contributed by atoms with van der Waals surface area (Å²) in [4.78, 5) is 23.1. The van der Waals surface area contributed by atoms with Crippen molar-refractivity contribution < 1.29 is 14.3 Å². The fraction of sp³-hybridized carbons (Fsp3) is 0.125. The molecular weight excluding hydrogens is 256 g/mol. The Bertz CT molecular complexity index is 822. The molecule has 20 heavy (non-hydrogen) atoms. The minimum atomic E-state index is -0.810. The number of ether oxygens (including phenoxy) is 2. The van der Waals surface area contributed by atoms with Crippen LogP contribution in [0.4, 0.5) is 4.79 Å². The molecule has 0 atom stereocenters. The monoisotopic (exact) mass is 268 g/mol. The number of aryl methyl sites for hydroxylation is 2. The Balaban J connectivity index is 1.77. The third-order valence-electron chi connectivity index (χ3n) is 3.30. The van der Waals surface area contributed by atoms with Gasteiger partial charge in [0, 0.05) is 16.3 Å². The molecule has 0 radical (unpaired) electrons. The van der Waals surface area contributed by atoms with Crippen molar-refractivity contribution in [1.82, 2.24) is 0 Å². The van der Waals surface area contributed by atoms with Gasteiger partial charge in [0.1, 0.15) is 11.5 Å². The second-order valence-electron chi connectivity index (χ2n) is 4.66. The lowest BCUT2D eigenvalue weighted by Gasteiger charge is -2.08. The molecule has 0 heterocycles. The second-order valence-corrected chi connectivity index (χ2v) is 4.66. The van der Waals surface area contributed by atoms with Gasteiger partial charge < -0.3 is 9.47 Å². The number of carbonyl (C=O) groups excluding carboxylic acids is 1.